The minimum atomic E-state index is 1.01. The van der Waals surface area contributed by atoms with Gasteiger partial charge < -0.3 is 0 Å². The monoisotopic (exact) mass is 213 g/mol. The van der Waals surface area contributed by atoms with Crippen molar-refractivity contribution in [3.05, 3.63) is 48.0 Å². The molecule has 0 spiro atoms. The van der Waals surface area contributed by atoms with Gasteiger partial charge in [0.15, 0.2) is 0 Å². The molecule has 84 valence electrons. The third-order valence-corrected chi connectivity index (χ3v) is 2.38. The zero-order valence-electron chi connectivity index (χ0n) is 10.3. The number of hydrogen-bond acceptors (Lipinski definition) is 1. The Kier molecular flexibility index (Phi) is 4.71. The molecule has 1 heteroatoms. The van der Waals surface area contributed by atoms with E-state index in [1.807, 2.05) is 13.1 Å². The summed E-state index contributed by atoms with van der Waals surface area (Å²) in [5, 5.41) is 0. The van der Waals surface area contributed by atoms with E-state index in [-0.39, 0.29) is 0 Å². The zero-order valence-corrected chi connectivity index (χ0v) is 10.3. The fraction of sp³-hybridized carbons (Fsp3) is 0.267. The molecule has 0 atom stereocenters. The van der Waals surface area contributed by atoms with Crippen LogP contribution in [-0.4, -0.2) is 13.3 Å². The third kappa shape index (κ3) is 3.20. The van der Waals surface area contributed by atoms with E-state index in [4.69, 9.17) is 0 Å². The molecule has 0 aliphatic heterocycles. The molecular formula is C15H19N. The van der Waals surface area contributed by atoms with Crippen LogP contribution in [0.25, 0.3) is 11.1 Å². The van der Waals surface area contributed by atoms with E-state index in [1.165, 1.54) is 16.7 Å². The van der Waals surface area contributed by atoms with Gasteiger partial charge in [-0.3, -0.25) is 4.99 Å². The van der Waals surface area contributed by atoms with Crippen molar-refractivity contribution in [2.45, 2.75) is 20.3 Å². The molecule has 1 rings (SSSR count). The molecule has 0 saturated heterocycles. The Bertz CT molecular complexity index is 425. The zero-order chi connectivity index (χ0) is 12.0. The molecular weight excluding hydrogens is 194 g/mol. The number of benzene rings is 1. The lowest BCUT2D eigenvalue weighted by molar-refractivity contribution is 1.23. The molecule has 1 aromatic carbocycles. The minimum absolute atomic E-state index is 1.01. The number of hydrogen-bond donors (Lipinski definition) is 0. The summed E-state index contributed by atoms with van der Waals surface area (Å²) in [6.45, 7) is 8.12. The average molecular weight is 213 g/mol. The van der Waals surface area contributed by atoms with Crippen LogP contribution in [0.4, 0.5) is 0 Å². The molecule has 0 aliphatic carbocycles. The summed E-state index contributed by atoms with van der Waals surface area (Å²) in [5.41, 5.74) is 4.65. The Morgan fingerprint density at radius 3 is 2.62 bits per heavy atom. The second-order valence-corrected chi connectivity index (χ2v) is 3.82. The smallest absolute Gasteiger partial charge is 0.0284 e. The van der Waals surface area contributed by atoms with Crippen LogP contribution in [0.3, 0.4) is 0 Å². The van der Waals surface area contributed by atoms with Crippen LogP contribution in [0.15, 0.2) is 41.9 Å². The highest BCUT2D eigenvalue weighted by Crippen LogP contribution is 2.19. The molecule has 16 heavy (non-hydrogen) atoms. The van der Waals surface area contributed by atoms with Gasteiger partial charge in [0.2, 0.25) is 0 Å². The van der Waals surface area contributed by atoms with Crippen LogP contribution in [0.5, 0.6) is 0 Å². The van der Waals surface area contributed by atoms with E-state index >= 15 is 0 Å². The molecule has 0 aromatic heterocycles. The van der Waals surface area contributed by atoms with Crippen LogP contribution < -0.4 is 0 Å². The Morgan fingerprint density at radius 1 is 1.38 bits per heavy atom. The molecule has 0 unspecified atom stereocenters. The van der Waals surface area contributed by atoms with Crippen LogP contribution in [0.2, 0.25) is 0 Å². The normalized spacial score (nSPS) is 12.1. The maximum Gasteiger partial charge on any atom is 0.0284 e. The first-order valence-corrected chi connectivity index (χ1v) is 5.57. The van der Waals surface area contributed by atoms with Crippen molar-refractivity contribution in [3.63, 3.8) is 0 Å². The summed E-state index contributed by atoms with van der Waals surface area (Å²) < 4.78 is 0. The molecule has 0 N–H and O–H groups in total. The lowest BCUT2D eigenvalue weighted by Crippen LogP contribution is -1.88. The molecule has 0 fully saturated rings. The standard InChI is InChI=1S/C15H19N/c1-5-7-15(11-16-4)14-9-6-8-13(10-14)12(2)3/h6-11H,2,5H2,1,3-4H3/b15-7+,16-11?. The van der Waals surface area contributed by atoms with Crippen molar-refractivity contribution >= 4 is 17.4 Å². The van der Waals surface area contributed by atoms with Crippen molar-refractivity contribution in [3.8, 4) is 0 Å². The van der Waals surface area contributed by atoms with Crippen molar-refractivity contribution in [1.29, 1.82) is 0 Å². The highest BCUT2D eigenvalue weighted by atomic mass is 14.6. The van der Waals surface area contributed by atoms with Gasteiger partial charge in [-0.1, -0.05) is 43.4 Å². The second-order valence-electron chi connectivity index (χ2n) is 3.82. The summed E-state index contributed by atoms with van der Waals surface area (Å²) in [4.78, 5) is 4.09. The van der Waals surface area contributed by atoms with Crippen molar-refractivity contribution in [2.24, 2.45) is 4.99 Å². The molecule has 0 aliphatic rings. The van der Waals surface area contributed by atoms with Crippen LogP contribution in [-0.2, 0) is 0 Å². The molecule has 1 aromatic rings. The highest BCUT2D eigenvalue weighted by Gasteiger charge is 2.00. The molecule has 0 amide bonds. The lowest BCUT2D eigenvalue weighted by Gasteiger charge is -2.05. The SMILES string of the molecule is C=C(C)c1cccc(/C(C=NC)=C/CC)c1. The van der Waals surface area contributed by atoms with E-state index in [9.17, 15) is 0 Å². The van der Waals surface area contributed by atoms with Gasteiger partial charge in [0, 0.05) is 13.3 Å². The second kappa shape index (κ2) is 6.06. The fourth-order valence-corrected chi connectivity index (χ4v) is 1.57. The van der Waals surface area contributed by atoms with Crippen LogP contribution in [0, 0.1) is 0 Å². The Morgan fingerprint density at radius 2 is 2.06 bits per heavy atom. The lowest BCUT2D eigenvalue weighted by atomic mass is 10.0. The van der Waals surface area contributed by atoms with Gasteiger partial charge in [-0.25, -0.2) is 0 Å². The van der Waals surface area contributed by atoms with E-state index < -0.39 is 0 Å². The molecule has 0 radical (unpaired) electrons. The van der Waals surface area contributed by atoms with Crippen molar-refractivity contribution in [2.75, 3.05) is 7.05 Å². The maximum atomic E-state index is 4.09. The summed E-state index contributed by atoms with van der Waals surface area (Å²) in [7, 11) is 1.80. The molecule has 0 heterocycles. The number of nitrogens with zero attached hydrogens (tertiary/aromatic N) is 1. The first kappa shape index (κ1) is 12.4. The van der Waals surface area contributed by atoms with Crippen molar-refractivity contribution < 1.29 is 0 Å². The summed E-state index contributed by atoms with van der Waals surface area (Å²) >= 11 is 0. The number of aliphatic imine (C=N–C) groups is 1. The van der Waals surface area contributed by atoms with Gasteiger partial charge in [0.25, 0.3) is 0 Å². The number of rotatable bonds is 4. The summed E-state index contributed by atoms with van der Waals surface area (Å²) in [6, 6.07) is 8.41. The molecule has 0 bridgehead atoms. The third-order valence-electron chi connectivity index (χ3n) is 2.38. The van der Waals surface area contributed by atoms with Gasteiger partial charge in [-0.2, -0.15) is 0 Å². The predicted molar refractivity (Wildman–Crippen MR) is 73.8 cm³/mol. The van der Waals surface area contributed by atoms with Gasteiger partial charge in [0.1, 0.15) is 0 Å². The van der Waals surface area contributed by atoms with Gasteiger partial charge >= 0.3 is 0 Å². The predicted octanol–water partition coefficient (Wildman–Crippen LogP) is 4.21. The average Bonchev–Trinajstić information content (AvgIpc) is 2.29. The maximum absolute atomic E-state index is 4.09. The highest BCUT2D eigenvalue weighted by molar-refractivity contribution is 6.09. The van der Waals surface area contributed by atoms with E-state index in [2.05, 4.69) is 48.8 Å². The van der Waals surface area contributed by atoms with Crippen LogP contribution >= 0.6 is 0 Å². The Hall–Kier alpha value is -1.63. The fourth-order valence-electron chi connectivity index (χ4n) is 1.57. The number of allylic oxidation sites excluding steroid dienone is 3. The minimum Gasteiger partial charge on any atom is -0.296 e. The summed E-state index contributed by atoms with van der Waals surface area (Å²) in [6.07, 6.45) is 5.10. The molecule has 1 nitrogen and oxygen atoms in total. The van der Waals surface area contributed by atoms with Gasteiger partial charge in [0.05, 0.1) is 0 Å². The van der Waals surface area contributed by atoms with Gasteiger partial charge in [-0.15, -0.1) is 0 Å². The van der Waals surface area contributed by atoms with Gasteiger partial charge in [-0.05, 0) is 36.1 Å². The van der Waals surface area contributed by atoms with Crippen molar-refractivity contribution in [1.82, 2.24) is 0 Å². The Labute approximate surface area is 98.2 Å². The first-order chi connectivity index (χ1) is 7.69. The molecule has 0 saturated carbocycles. The first-order valence-electron chi connectivity index (χ1n) is 5.57. The van der Waals surface area contributed by atoms with E-state index in [0.29, 0.717) is 0 Å². The Balaban J connectivity index is 3.15. The van der Waals surface area contributed by atoms with E-state index in [0.717, 1.165) is 12.0 Å². The van der Waals surface area contributed by atoms with Crippen LogP contribution in [0.1, 0.15) is 31.4 Å². The summed E-state index contributed by atoms with van der Waals surface area (Å²) in [5.74, 6) is 0. The topological polar surface area (TPSA) is 12.4 Å². The van der Waals surface area contributed by atoms with E-state index in [1.54, 1.807) is 7.05 Å². The quantitative estimate of drug-likeness (QED) is 0.664. The largest absolute Gasteiger partial charge is 0.296 e.